The van der Waals surface area contributed by atoms with Crippen molar-refractivity contribution in [3.05, 3.63) is 65.2 Å². The van der Waals surface area contributed by atoms with Crippen LogP contribution in [-0.4, -0.2) is 29.9 Å². The van der Waals surface area contributed by atoms with Gasteiger partial charge in [-0.3, -0.25) is 9.69 Å². The SMILES string of the molecule is Cl.Cl.Nc1ccc(CC(=O)NC2CCCN(Cc3c(F)cccc3F)C2)cc1. The predicted octanol–water partition coefficient (Wildman–Crippen LogP) is 3.71. The number of nitrogens with one attached hydrogen (secondary N) is 1. The summed E-state index contributed by atoms with van der Waals surface area (Å²) in [5.41, 5.74) is 7.30. The molecule has 154 valence electrons. The first-order valence-electron chi connectivity index (χ1n) is 8.80. The average molecular weight is 432 g/mol. The Morgan fingerprint density at radius 1 is 1.11 bits per heavy atom. The smallest absolute Gasteiger partial charge is 0.224 e. The molecule has 28 heavy (non-hydrogen) atoms. The summed E-state index contributed by atoms with van der Waals surface area (Å²) in [6.07, 6.45) is 2.03. The molecule has 1 atom stereocenters. The minimum absolute atomic E-state index is 0. The Kier molecular flexibility index (Phi) is 9.65. The molecule has 4 nitrogen and oxygen atoms in total. The summed E-state index contributed by atoms with van der Waals surface area (Å²) in [5, 5.41) is 3.03. The van der Waals surface area contributed by atoms with E-state index in [-0.39, 0.29) is 48.9 Å². The maximum Gasteiger partial charge on any atom is 0.224 e. The summed E-state index contributed by atoms with van der Waals surface area (Å²) >= 11 is 0. The van der Waals surface area contributed by atoms with Gasteiger partial charge in [0.1, 0.15) is 11.6 Å². The summed E-state index contributed by atoms with van der Waals surface area (Å²) in [6.45, 7) is 1.56. The third kappa shape index (κ3) is 6.62. The fourth-order valence-electron chi connectivity index (χ4n) is 3.32. The number of anilines is 1. The lowest BCUT2D eigenvalue weighted by atomic mass is 10.0. The second-order valence-electron chi connectivity index (χ2n) is 6.76. The molecule has 2 aromatic carbocycles. The number of nitrogens with two attached hydrogens (primary N) is 1. The van der Waals surface area contributed by atoms with Crippen LogP contribution in [0.5, 0.6) is 0 Å². The first kappa shape index (κ1) is 24.1. The molecular weight excluding hydrogens is 407 g/mol. The van der Waals surface area contributed by atoms with Crippen molar-refractivity contribution in [2.45, 2.75) is 31.8 Å². The van der Waals surface area contributed by atoms with Gasteiger partial charge in [-0.15, -0.1) is 24.8 Å². The molecule has 0 radical (unpaired) electrons. The molecule has 0 spiro atoms. The summed E-state index contributed by atoms with van der Waals surface area (Å²) in [4.78, 5) is 14.2. The normalized spacial score (nSPS) is 16.6. The summed E-state index contributed by atoms with van der Waals surface area (Å²) < 4.78 is 27.7. The molecule has 0 aromatic heterocycles. The molecule has 1 saturated heterocycles. The van der Waals surface area contributed by atoms with Crippen molar-refractivity contribution >= 4 is 36.4 Å². The molecule has 2 aromatic rings. The zero-order chi connectivity index (χ0) is 18.5. The molecule has 1 unspecified atom stereocenters. The highest BCUT2D eigenvalue weighted by Crippen LogP contribution is 2.18. The van der Waals surface area contributed by atoms with Crippen LogP contribution in [0.1, 0.15) is 24.0 Å². The van der Waals surface area contributed by atoms with Crippen molar-refractivity contribution in [2.75, 3.05) is 18.8 Å². The molecule has 1 aliphatic heterocycles. The van der Waals surface area contributed by atoms with E-state index in [1.54, 1.807) is 12.1 Å². The van der Waals surface area contributed by atoms with E-state index >= 15 is 0 Å². The number of carbonyl (C=O) groups excluding carboxylic acids is 1. The Labute approximate surface area is 176 Å². The Hall–Kier alpha value is -1.89. The van der Waals surface area contributed by atoms with E-state index in [4.69, 9.17) is 5.73 Å². The maximum absolute atomic E-state index is 13.8. The van der Waals surface area contributed by atoms with Gasteiger partial charge in [0.2, 0.25) is 5.91 Å². The third-order valence-electron chi connectivity index (χ3n) is 4.66. The fourth-order valence-corrected chi connectivity index (χ4v) is 3.32. The van der Waals surface area contributed by atoms with Crippen LogP contribution in [0.15, 0.2) is 42.5 Å². The molecule has 0 bridgehead atoms. The Bertz CT molecular complexity index is 754. The molecule has 1 amide bonds. The van der Waals surface area contributed by atoms with Crippen LogP contribution in [0.2, 0.25) is 0 Å². The largest absolute Gasteiger partial charge is 0.399 e. The molecule has 0 saturated carbocycles. The van der Waals surface area contributed by atoms with E-state index in [1.165, 1.54) is 18.2 Å². The number of hydrogen-bond donors (Lipinski definition) is 2. The highest BCUT2D eigenvalue weighted by molar-refractivity contribution is 5.85. The van der Waals surface area contributed by atoms with Crippen LogP contribution in [0.25, 0.3) is 0 Å². The number of benzene rings is 2. The van der Waals surface area contributed by atoms with Gasteiger partial charge < -0.3 is 11.1 Å². The third-order valence-corrected chi connectivity index (χ3v) is 4.66. The lowest BCUT2D eigenvalue weighted by Crippen LogP contribution is -2.47. The van der Waals surface area contributed by atoms with Crippen LogP contribution in [0.3, 0.4) is 0 Å². The standard InChI is InChI=1S/C20H23F2N3O.2ClH/c21-18-4-1-5-19(22)17(18)13-25-10-2-3-16(12-25)24-20(26)11-14-6-8-15(23)9-7-14;;/h1,4-9,16H,2-3,10-13,23H2,(H,24,26);2*1H. The zero-order valence-electron chi connectivity index (χ0n) is 15.4. The molecular formula is C20H25Cl2F2N3O. The summed E-state index contributed by atoms with van der Waals surface area (Å²) in [7, 11) is 0. The first-order chi connectivity index (χ1) is 12.5. The highest BCUT2D eigenvalue weighted by Gasteiger charge is 2.23. The zero-order valence-corrected chi connectivity index (χ0v) is 17.0. The van der Waals surface area contributed by atoms with E-state index in [2.05, 4.69) is 5.32 Å². The second kappa shape index (κ2) is 11.2. The lowest BCUT2D eigenvalue weighted by Gasteiger charge is -2.33. The number of rotatable bonds is 5. The van der Waals surface area contributed by atoms with Gasteiger partial charge in [-0.05, 0) is 49.2 Å². The number of hydrogen-bond acceptors (Lipinski definition) is 3. The van der Waals surface area contributed by atoms with Crippen LogP contribution >= 0.6 is 24.8 Å². The number of amides is 1. The fraction of sp³-hybridized carbons (Fsp3) is 0.350. The van der Waals surface area contributed by atoms with Gasteiger partial charge in [0.15, 0.2) is 0 Å². The monoisotopic (exact) mass is 431 g/mol. The van der Waals surface area contributed by atoms with Crippen LogP contribution in [0.4, 0.5) is 14.5 Å². The quantitative estimate of drug-likeness (QED) is 0.709. The van der Waals surface area contributed by atoms with Gasteiger partial charge in [-0.25, -0.2) is 8.78 Å². The minimum Gasteiger partial charge on any atom is -0.399 e. The predicted molar refractivity (Wildman–Crippen MR) is 112 cm³/mol. The van der Waals surface area contributed by atoms with Crippen molar-refractivity contribution in [2.24, 2.45) is 0 Å². The molecule has 3 N–H and O–H groups in total. The number of halogens is 4. The van der Waals surface area contributed by atoms with E-state index < -0.39 is 11.6 Å². The average Bonchev–Trinajstić information content (AvgIpc) is 2.61. The van der Waals surface area contributed by atoms with Gasteiger partial charge in [-0.1, -0.05) is 18.2 Å². The van der Waals surface area contributed by atoms with E-state index in [9.17, 15) is 13.6 Å². The van der Waals surface area contributed by atoms with Crippen molar-refractivity contribution in [3.63, 3.8) is 0 Å². The molecule has 1 heterocycles. The Morgan fingerprint density at radius 3 is 2.39 bits per heavy atom. The lowest BCUT2D eigenvalue weighted by molar-refractivity contribution is -0.121. The van der Waals surface area contributed by atoms with E-state index in [0.29, 0.717) is 18.7 Å². The number of likely N-dealkylation sites (tertiary alicyclic amines) is 1. The Morgan fingerprint density at radius 2 is 1.75 bits per heavy atom. The van der Waals surface area contributed by atoms with Crippen LogP contribution in [-0.2, 0) is 17.8 Å². The van der Waals surface area contributed by atoms with Crippen molar-refractivity contribution in [1.82, 2.24) is 10.2 Å². The van der Waals surface area contributed by atoms with Gasteiger partial charge in [0, 0.05) is 30.4 Å². The number of carbonyl (C=O) groups is 1. The van der Waals surface area contributed by atoms with Gasteiger partial charge >= 0.3 is 0 Å². The second-order valence-corrected chi connectivity index (χ2v) is 6.76. The molecule has 8 heteroatoms. The number of nitrogen functional groups attached to an aromatic ring is 1. The van der Waals surface area contributed by atoms with Crippen molar-refractivity contribution in [3.8, 4) is 0 Å². The van der Waals surface area contributed by atoms with E-state index in [1.807, 2.05) is 17.0 Å². The van der Waals surface area contributed by atoms with Gasteiger partial charge in [-0.2, -0.15) is 0 Å². The molecule has 1 aliphatic rings. The van der Waals surface area contributed by atoms with E-state index in [0.717, 1.165) is 24.9 Å². The van der Waals surface area contributed by atoms with Gasteiger partial charge in [0.25, 0.3) is 0 Å². The Balaban J connectivity index is 0.00000196. The van der Waals surface area contributed by atoms with Crippen LogP contribution < -0.4 is 11.1 Å². The topological polar surface area (TPSA) is 58.4 Å². The minimum atomic E-state index is -0.528. The van der Waals surface area contributed by atoms with Gasteiger partial charge in [0.05, 0.1) is 6.42 Å². The number of piperidine rings is 1. The highest BCUT2D eigenvalue weighted by atomic mass is 35.5. The molecule has 1 fully saturated rings. The first-order valence-corrected chi connectivity index (χ1v) is 8.80. The molecule has 0 aliphatic carbocycles. The maximum atomic E-state index is 13.8. The summed E-state index contributed by atoms with van der Waals surface area (Å²) in [6, 6.07) is 11.1. The van der Waals surface area contributed by atoms with Crippen molar-refractivity contribution in [1.29, 1.82) is 0 Å². The van der Waals surface area contributed by atoms with Crippen molar-refractivity contribution < 1.29 is 13.6 Å². The van der Waals surface area contributed by atoms with Crippen LogP contribution in [0, 0.1) is 11.6 Å². The summed E-state index contributed by atoms with van der Waals surface area (Å²) in [5.74, 6) is -1.11. The number of nitrogens with zero attached hydrogens (tertiary/aromatic N) is 1. The molecule has 3 rings (SSSR count).